The van der Waals surface area contributed by atoms with Gasteiger partial charge in [-0.15, -0.1) is 0 Å². The van der Waals surface area contributed by atoms with Crippen molar-refractivity contribution in [1.29, 1.82) is 0 Å². The van der Waals surface area contributed by atoms with E-state index < -0.39 is 0 Å². The molecular weight excluding hydrogens is 522 g/mol. The average molecular weight is 554 g/mol. The van der Waals surface area contributed by atoms with E-state index in [1.54, 1.807) is 37.6 Å². The Labute approximate surface area is 237 Å². The van der Waals surface area contributed by atoms with Crippen LogP contribution in [-0.2, 0) is 0 Å². The van der Waals surface area contributed by atoms with E-state index in [4.69, 9.17) is 9.15 Å². The predicted octanol–water partition coefficient (Wildman–Crippen LogP) is 4.53. The first kappa shape index (κ1) is 26.2. The van der Waals surface area contributed by atoms with Crippen molar-refractivity contribution in [3.05, 3.63) is 78.6 Å². The summed E-state index contributed by atoms with van der Waals surface area (Å²) in [5.74, 6) is 1.13. The van der Waals surface area contributed by atoms with Crippen LogP contribution in [0.5, 0.6) is 5.75 Å². The number of benzene rings is 1. The molecule has 2 aliphatic heterocycles. The number of hydrogen-bond acceptors (Lipinski definition) is 9. The van der Waals surface area contributed by atoms with Gasteiger partial charge in [0.25, 0.3) is 11.8 Å². The number of nitrogens with zero attached hydrogens (tertiary/aromatic N) is 6. The highest BCUT2D eigenvalue weighted by atomic mass is 16.5. The Bertz CT molecular complexity index is 1580. The molecule has 0 unspecified atom stereocenters. The predicted molar refractivity (Wildman–Crippen MR) is 157 cm³/mol. The van der Waals surface area contributed by atoms with Gasteiger partial charge in [-0.05, 0) is 37.3 Å². The van der Waals surface area contributed by atoms with E-state index in [-0.39, 0.29) is 17.6 Å². The third kappa shape index (κ3) is 4.90. The van der Waals surface area contributed by atoms with E-state index >= 15 is 0 Å². The van der Waals surface area contributed by atoms with Crippen LogP contribution >= 0.6 is 0 Å². The molecule has 6 rings (SSSR count). The minimum Gasteiger partial charge on any atom is -0.492 e. The highest BCUT2D eigenvalue weighted by Gasteiger charge is 2.31. The summed E-state index contributed by atoms with van der Waals surface area (Å²) in [6, 6.07) is 13.0. The number of furan rings is 1. The molecule has 0 radical (unpaired) electrons. The maximum Gasteiger partial charge on any atom is 0.296 e. The molecule has 0 saturated carbocycles. The number of amides is 2. The van der Waals surface area contributed by atoms with Crippen LogP contribution in [-0.4, -0.2) is 73.6 Å². The first-order valence-electron chi connectivity index (χ1n) is 13.5. The van der Waals surface area contributed by atoms with Crippen molar-refractivity contribution in [3.63, 3.8) is 0 Å². The molecule has 1 fully saturated rings. The molecule has 1 N–H and O–H groups in total. The molecule has 2 aliphatic rings. The number of nitrogens with one attached hydrogen (secondary N) is 1. The Balaban J connectivity index is 1.21. The zero-order valence-corrected chi connectivity index (χ0v) is 23.2. The lowest BCUT2D eigenvalue weighted by atomic mass is 10.1. The van der Waals surface area contributed by atoms with Gasteiger partial charge in [0.1, 0.15) is 11.6 Å². The normalized spacial score (nSPS) is 14.9. The van der Waals surface area contributed by atoms with E-state index in [0.717, 1.165) is 24.5 Å². The number of anilines is 6. The van der Waals surface area contributed by atoms with E-state index in [2.05, 4.69) is 20.2 Å². The zero-order chi connectivity index (χ0) is 28.5. The standard InChI is InChI=1S/C30H31N7O4/c1-4-40-26-16-20(29(38)37-13-11-36(12-14-37)21-6-5-10-31-18-21)7-8-22(26)33-27-17-24-25(19-32-27)35(3)30(39)28-23(34(24)2)9-15-41-28/h5-10,15-19H,4,11-14H2,1-3H3,(H,32,33). The molecule has 3 aromatic heterocycles. The van der Waals surface area contributed by atoms with Gasteiger partial charge in [-0.2, -0.15) is 0 Å². The van der Waals surface area contributed by atoms with Crippen molar-refractivity contribution in [2.24, 2.45) is 0 Å². The maximum atomic E-state index is 13.4. The Kier molecular flexibility index (Phi) is 6.92. The SMILES string of the molecule is CCOc1cc(C(=O)N2CCN(c3cccnc3)CC2)ccc1Nc1cc2c(cn1)N(C)C(=O)c1occc1N2C. The summed E-state index contributed by atoms with van der Waals surface area (Å²) >= 11 is 0. The molecule has 210 valence electrons. The fourth-order valence-electron chi connectivity index (χ4n) is 5.21. The summed E-state index contributed by atoms with van der Waals surface area (Å²) < 4.78 is 11.4. The molecule has 1 saturated heterocycles. The lowest BCUT2D eigenvalue weighted by Crippen LogP contribution is -2.48. The van der Waals surface area contributed by atoms with Crippen LogP contribution in [0.3, 0.4) is 0 Å². The van der Waals surface area contributed by atoms with Gasteiger partial charge in [0.05, 0.1) is 53.7 Å². The third-order valence-corrected chi connectivity index (χ3v) is 7.46. The summed E-state index contributed by atoms with van der Waals surface area (Å²) in [4.78, 5) is 42.6. The topological polar surface area (TPSA) is 107 Å². The lowest BCUT2D eigenvalue weighted by molar-refractivity contribution is 0.0746. The molecule has 0 aliphatic carbocycles. The van der Waals surface area contributed by atoms with Crippen LogP contribution in [0.1, 0.15) is 27.8 Å². The van der Waals surface area contributed by atoms with Crippen molar-refractivity contribution in [2.75, 3.05) is 66.9 Å². The fourth-order valence-corrected chi connectivity index (χ4v) is 5.21. The summed E-state index contributed by atoms with van der Waals surface area (Å²) in [5, 5.41) is 3.33. The quantitative estimate of drug-likeness (QED) is 0.368. The number of fused-ring (bicyclic) bond motifs is 2. The molecule has 5 heterocycles. The molecule has 4 aromatic rings. The van der Waals surface area contributed by atoms with E-state index in [0.29, 0.717) is 53.9 Å². The van der Waals surface area contributed by atoms with E-state index in [1.165, 1.54) is 11.2 Å². The third-order valence-electron chi connectivity index (χ3n) is 7.46. The van der Waals surface area contributed by atoms with E-state index in [1.807, 2.05) is 54.2 Å². The number of piperazine rings is 1. The van der Waals surface area contributed by atoms with Gasteiger partial charge < -0.3 is 34.1 Å². The number of aromatic nitrogens is 2. The van der Waals surface area contributed by atoms with Gasteiger partial charge in [-0.25, -0.2) is 4.98 Å². The molecule has 0 bridgehead atoms. The second-order valence-electron chi connectivity index (χ2n) is 9.88. The Hall–Kier alpha value is -5.06. The molecular formula is C30H31N7O4. The molecule has 41 heavy (non-hydrogen) atoms. The largest absolute Gasteiger partial charge is 0.492 e. The summed E-state index contributed by atoms with van der Waals surface area (Å²) in [5.41, 5.74) is 4.43. The number of hydrogen-bond donors (Lipinski definition) is 1. The molecule has 2 amide bonds. The summed E-state index contributed by atoms with van der Waals surface area (Å²) in [6.45, 7) is 5.08. The van der Waals surface area contributed by atoms with Crippen LogP contribution in [0.25, 0.3) is 0 Å². The summed E-state index contributed by atoms with van der Waals surface area (Å²) in [7, 11) is 3.58. The molecule has 11 heteroatoms. The molecule has 0 spiro atoms. The van der Waals surface area contributed by atoms with E-state index in [9.17, 15) is 9.59 Å². The van der Waals surface area contributed by atoms with Crippen LogP contribution in [0, 0.1) is 0 Å². The molecule has 1 aromatic carbocycles. The fraction of sp³-hybridized carbons (Fsp3) is 0.267. The number of rotatable bonds is 6. The van der Waals surface area contributed by atoms with Crippen molar-refractivity contribution in [3.8, 4) is 5.75 Å². The van der Waals surface area contributed by atoms with Crippen molar-refractivity contribution in [1.82, 2.24) is 14.9 Å². The number of ether oxygens (including phenoxy) is 1. The van der Waals surface area contributed by atoms with Crippen molar-refractivity contribution in [2.45, 2.75) is 6.92 Å². The van der Waals surface area contributed by atoms with Crippen molar-refractivity contribution < 1.29 is 18.7 Å². The van der Waals surface area contributed by atoms with Crippen LogP contribution in [0.4, 0.5) is 34.3 Å². The monoisotopic (exact) mass is 553 g/mol. The van der Waals surface area contributed by atoms with Crippen LogP contribution < -0.4 is 24.8 Å². The Morgan fingerprint density at radius 2 is 1.83 bits per heavy atom. The minimum atomic E-state index is -0.240. The van der Waals surface area contributed by atoms with Gasteiger partial charge in [0.2, 0.25) is 5.76 Å². The first-order chi connectivity index (χ1) is 19.9. The lowest BCUT2D eigenvalue weighted by Gasteiger charge is -2.36. The maximum absolute atomic E-state index is 13.4. The van der Waals surface area contributed by atoms with Crippen molar-refractivity contribution >= 4 is 46.1 Å². The number of pyridine rings is 2. The minimum absolute atomic E-state index is 0.0308. The van der Waals surface area contributed by atoms with Gasteiger partial charge in [-0.1, -0.05) is 0 Å². The highest BCUT2D eigenvalue weighted by Crippen LogP contribution is 2.41. The van der Waals surface area contributed by atoms with Crippen LogP contribution in [0.15, 0.2) is 71.7 Å². The van der Waals surface area contributed by atoms with Gasteiger partial charge in [-0.3, -0.25) is 14.6 Å². The highest BCUT2D eigenvalue weighted by molar-refractivity contribution is 6.11. The second kappa shape index (κ2) is 10.8. The Morgan fingerprint density at radius 3 is 2.59 bits per heavy atom. The summed E-state index contributed by atoms with van der Waals surface area (Å²) in [6.07, 6.45) is 6.77. The Morgan fingerprint density at radius 1 is 1.00 bits per heavy atom. The number of carbonyl (C=O) groups excluding carboxylic acids is 2. The average Bonchev–Trinajstić information content (AvgIpc) is 3.49. The van der Waals surface area contributed by atoms with Gasteiger partial charge in [0.15, 0.2) is 0 Å². The smallest absolute Gasteiger partial charge is 0.296 e. The van der Waals surface area contributed by atoms with Gasteiger partial charge in [0, 0.05) is 64.2 Å². The molecule has 0 atom stereocenters. The second-order valence-corrected chi connectivity index (χ2v) is 9.88. The zero-order valence-electron chi connectivity index (χ0n) is 23.2. The van der Waals surface area contributed by atoms with Crippen LogP contribution in [0.2, 0.25) is 0 Å². The number of carbonyl (C=O) groups is 2. The van der Waals surface area contributed by atoms with Gasteiger partial charge >= 0.3 is 0 Å². The first-order valence-corrected chi connectivity index (χ1v) is 13.5. The molecule has 11 nitrogen and oxygen atoms in total.